The molecule has 0 fully saturated rings. The predicted molar refractivity (Wildman–Crippen MR) is 161 cm³/mol. The molecule has 3 aromatic rings. The van der Waals surface area contributed by atoms with Crippen LogP contribution in [0, 0.1) is 5.92 Å². The summed E-state index contributed by atoms with van der Waals surface area (Å²) in [6, 6.07) is 19.6. The van der Waals surface area contributed by atoms with Crippen LogP contribution in [0.2, 0.25) is 0 Å². The average molecular weight is 598 g/mol. The lowest BCUT2D eigenvalue weighted by Gasteiger charge is -2.17. The van der Waals surface area contributed by atoms with Crippen LogP contribution in [0.4, 0.5) is 0 Å². The van der Waals surface area contributed by atoms with Gasteiger partial charge in [0.1, 0.15) is 5.76 Å². The fourth-order valence-electron chi connectivity index (χ4n) is 4.30. The van der Waals surface area contributed by atoms with E-state index in [2.05, 4.69) is 23.0 Å². The van der Waals surface area contributed by atoms with Crippen LogP contribution in [0.3, 0.4) is 0 Å². The minimum absolute atomic E-state index is 0.0348. The Morgan fingerprint density at radius 3 is 2.48 bits per heavy atom. The van der Waals surface area contributed by atoms with Gasteiger partial charge in [-0.3, -0.25) is 23.8 Å². The Labute approximate surface area is 247 Å². The normalized spacial score (nSPS) is 13.1. The van der Waals surface area contributed by atoms with E-state index in [1.807, 2.05) is 30.3 Å². The van der Waals surface area contributed by atoms with Crippen molar-refractivity contribution in [3.8, 4) is 11.3 Å². The van der Waals surface area contributed by atoms with Crippen molar-refractivity contribution in [1.82, 2.24) is 16.1 Å². The van der Waals surface area contributed by atoms with Crippen molar-refractivity contribution in [2.45, 2.75) is 52.6 Å². The van der Waals surface area contributed by atoms with Gasteiger partial charge in [-0.25, -0.2) is 5.48 Å². The minimum atomic E-state index is -2.97. The lowest BCUT2D eigenvalue weighted by Crippen LogP contribution is -2.41. The van der Waals surface area contributed by atoms with E-state index in [0.29, 0.717) is 29.7 Å². The summed E-state index contributed by atoms with van der Waals surface area (Å²) >= 11 is 0. The van der Waals surface area contributed by atoms with Crippen LogP contribution in [-0.2, 0) is 30.1 Å². The predicted octanol–water partition coefficient (Wildman–Crippen LogP) is 5.15. The smallest absolute Gasteiger partial charge is 0.288 e. The molecule has 2 atom stereocenters. The highest BCUT2D eigenvalue weighted by Gasteiger charge is 2.23. The summed E-state index contributed by atoms with van der Waals surface area (Å²) in [7, 11) is -2.97. The van der Waals surface area contributed by atoms with E-state index in [0.717, 1.165) is 24.8 Å². The van der Waals surface area contributed by atoms with Crippen molar-refractivity contribution >= 4 is 30.4 Å². The molecule has 0 saturated carbocycles. The number of hydrogen-bond acceptors (Lipinski definition) is 7. The average Bonchev–Trinajstić information content (AvgIpc) is 3.48. The van der Waals surface area contributed by atoms with Gasteiger partial charge in [-0.15, -0.1) is 0 Å². The van der Waals surface area contributed by atoms with E-state index in [-0.39, 0.29) is 37.3 Å². The maximum absolute atomic E-state index is 12.9. The lowest BCUT2D eigenvalue weighted by atomic mass is 9.96. The first-order valence-corrected chi connectivity index (χ1v) is 16.2. The van der Waals surface area contributed by atoms with Crippen molar-refractivity contribution in [2.75, 3.05) is 19.9 Å². The summed E-state index contributed by atoms with van der Waals surface area (Å²) in [6.07, 6.45) is 3.23. The van der Waals surface area contributed by atoms with E-state index in [9.17, 15) is 18.9 Å². The fourth-order valence-corrected chi connectivity index (χ4v) is 5.67. The molecule has 0 bridgehead atoms. The number of rotatable bonds is 17. The number of benzene rings is 2. The molecule has 0 saturated heterocycles. The number of carbonyl (C=O) groups excluding carboxylic acids is 3. The lowest BCUT2D eigenvalue weighted by molar-refractivity contribution is -0.139. The number of carbonyl (C=O) groups is 3. The van der Waals surface area contributed by atoms with Crippen LogP contribution < -0.4 is 21.4 Å². The van der Waals surface area contributed by atoms with Gasteiger partial charge in [-0.05, 0) is 43.2 Å². The van der Waals surface area contributed by atoms with E-state index in [4.69, 9.17) is 13.8 Å². The van der Waals surface area contributed by atoms with Crippen LogP contribution in [0.25, 0.3) is 11.3 Å². The first-order valence-electron chi connectivity index (χ1n) is 14.2. The van der Waals surface area contributed by atoms with Crippen LogP contribution >= 0.6 is 7.37 Å². The zero-order valence-corrected chi connectivity index (χ0v) is 25.3. The van der Waals surface area contributed by atoms with Gasteiger partial charge in [0.25, 0.3) is 5.91 Å². The Hall–Kier alpha value is -3.72. The summed E-state index contributed by atoms with van der Waals surface area (Å²) in [6.45, 7) is 5.83. The second-order valence-electron chi connectivity index (χ2n) is 9.90. The molecule has 3 amide bonds. The highest BCUT2D eigenvalue weighted by molar-refractivity contribution is 7.66. The second kappa shape index (κ2) is 16.7. The van der Waals surface area contributed by atoms with Gasteiger partial charge in [0.15, 0.2) is 5.76 Å². The van der Waals surface area contributed by atoms with E-state index >= 15 is 0 Å². The molecular weight excluding hydrogens is 557 g/mol. The third-order valence-corrected chi connectivity index (χ3v) is 8.51. The summed E-state index contributed by atoms with van der Waals surface area (Å²) in [5.41, 5.74) is 3.98. The second-order valence-corrected chi connectivity index (χ2v) is 12.4. The van der Waals surface area contributed by atoms with E-state index < -0.39 is 19.2 Å². The Morgan fingerprint density at radius 1 is 0.952 bits per heavy atom. The maximum atomic E-state index is 12.9. The molecule has 10 nitrogen and oxygen atoms in total. The summed E-state index contributed by atoms with van der Waals surface area (Å²) in [5.74, 6) is -1.31. The molecule has 0 aliphatic rings. The molecule has 0 spiro atoms. The topological polar surface area (TPSA) is 136 Å². The molecule has 0 aliphatic carbocycles. The zero-order chi connectivity index (χ0) is 30.4. The van der Waals surface area contributed by atoms with E-state index in [1.165, 1.54) is 6.07 Å². The molecule has 1 unspecified atom stereocenters. The third kappa shape index (κ3) is 10.3. The number of hydrogen-bond donors (Lipinski definition) is 3. The Morgan fingerprint density at radius 2 is 1.74 bits per heavy atom. The van der Waals surface area contributed by atoms with Crippen LogP contribution in [0.5, 0.6) is 0 Å². The Balaban J connectivity index is 1.51. The van der Waals surface area contributed by atoms with Gasteiger partial charge in [-0.2, -0.15) is 0 Å². The van der Waals surface area contributed by atoms with Crippen molar-refractivity contribution < 1.29 is 32.7 Å². The SMILES string of the molecule is CCCCC[C@H](CC(=O)NOCc1ccccc1)C(=O)NCNC(=O)c1ccc(-c2cccc(P(C)(=O)OCC)c2)o1. The monoisotopic (exact) mass is 597 g/mol. The summed E-state index contributed by atoms with van der Waals surface area (Å²) < 4.78 is 23.9. The highest BCUT2D eigenvalue weighted by atomic mass is 31.2. The van der Waals surface area contributed by atoms with Crippen molar-refractivity contribution in [1.29, 1.82) is 0 Å². The Bertz CT molecular complexity index is 1360. The molecule has 3 N–H and O–H groups in total. The maximum Gasteiger partial charge on any atom is 0.288 e. The molecule has 42 heavy (non-hydrogen) atoms. The van der Waals surface area contributed by atoms with Gasteiger partial charge in [0.2, 0.25) is 19.2 Å². The first kappa shape index (κ1) is 32.8. The molecule has 1 aromatic heterocycles. The molecule has 0 radical (unpaired) electrons. The van der Waals surface area contributed by atoms with Crippen molar-refractivity contribution in [3.05, 3.63) is 78.1 Å². The zero-order valence-electron chi connectivity index (χ0n) is 24.4. The van der Waals surface area contributed by atoms with Gasteiger partial charge >= 0.3 is 0 Å². The molecule has 2 aromatic carbocycles. The van der Waals surface area contributed by atoms with Crippen molar-refractivity contribution in [3.63, 3.8) is 0 Å². The first-order chi connectivity index (χ1) is 20.2. The summed E-state index contributed by atoms with van der Waals surface area (Å²) in [4.78, 5) is 43.3. The standard InChI is InChI=1S/C31H40N3O7P/c1-4-6-8-14-25(20-29(35)34-39-21-23-12-9-7-10-13-23)30(36)32-22-33-31(37)28-18-17-27(41-28)24-15-11-16-26(19-24)42(3,38)40-5-2/h7,9-13,15-19,25H,4-6,8,14,20-22H2,1-3H3,(H,32,36)(H,33,37)(H,34,35)/t25-,42?/m1/s1. The van der Waals surface area contributed by atoms with Crippen LogP contribution in [-0.4, -0.2) is 37.7 Å². The molecule has 226 valence electrons. The van der Waals surface area contributed by atoms with Gasteiger partial charge in [0.05, 0.1) is 19.9 Å². The number of hydroxylamine groups is 1. The number of unbranched alkanes of at least 4 members (excludes halogenated alkanes) is 2. The molecule has 11 heteroatoms. The quantitative estimate of drug-likeness (QED) is 0.0847. The third-order valence-electron chi connectivity index (χ3n) is 6.54. The van der Waals surface area contributed by atoms with Crippen molar-refractivity contribution in [2.24, 2.45) is 5.92 Å². The van der Waals surface area contributed by atoms with Crippen LogP contribution in [0.15, 0.2) is 71.1 Å². The van der Waals surface area contributed by atoms with Gasteiger partial charge in [0, 0.05) is 29.9 Å². The molecular formula is C31H40N3O7P. The van der Waals surface area contributed by atoms with E-state index in [1.54, 1.807) is 43.9 Å². The Kier molecular flexibility index (Phi) is 13.0. The number of furan rings is 1. The highest BCUT2D eigenvalue weighted by Crippen LogP contribution is 2.41. The number of amides is 3. The van der Waals surface area contributed by atoms with Gasteiger partial charge < -0.3 is 19.6 Å². The summed E-state index contributed by atoms with van der Waals surface area (Å²) in [5, 5.41) is 5.87. The largest absolute Gasteiger partial charge is 0.451 e. The number of nitrogens with one attached hydrogen (secondary N) is 3. The fraction of sp³-hybridized carbons (Fsp3) is 0.387. The van der Waals surface area contributed by atoms with Crippen LogP contribution in [0.1, 0.15) is 62.1 Å². The molecule has 1 heterocycles. The molecule has 0 aliphatic heterocycles. The van der Waals surface area contributed by atoms with Gasteiger partial charge in [-0.1, -0.05) is 68.7 Å². The molecule has 3 rings (SSSR count). The minimum Gasteiger partial charge on any atom is -0.451 e.